The number of rotatable bonds is 8. The summed E-state index contributed by atoms with van der Waals surface area (Å²) < 4.78 is 1.88. The first-order valence-corrected chi connectivity index (χ1v) is 15.1. The summed E-state index contributed by atoms with van der Waals surface area (Å²) in [5.74, 6) is -0.781. The first-order valence-electron chi connectivity index (χ1n) is 15.1. The van der Waals surface area contributed by atoms with Crippen molar-refractivity contribution in [2.75, 3.05) is 5.32 Å². The zero-order chi connectivity index (χ0) is 26.8. The number of hydrogen-bond donors (Lipinski definition) is 3. The number of hydrogen-bond acceptors (Lipinski definition) is 7. The van der Waals surface area contributed by atoms with Crippen LogP contribution in [0.5, 0.6) is 0 Å². The molecule has 0 unspecified atom stereocenters. The molecule has 3 fully saturated rings. The molecule has 6 rings (SSSR count). The number of carbonyl (C=O) groups is 2. The third-order valence-electron chi connectivity index (χ3n) is 9.07. The maximum absolute atomic E-state index is 13.8. The van der Waals surface area contributed by atoms with Crippen LogP contribution in [-0.2, 0) is 21.0 Å². The van der Waals surface area contributed by atoms with Gasteiger partial charge in [-0.05, 0) is 45.4 Å². The number of amides is 2. The van der Waals surface area contributed by atoms with E-state index in [9.17, 15) is 9.59 Å². The molecule has 1 aliphatic heterocycles. The van der Waals surface area contributed by atoms with Gasteiger partial charge in [0.25, 0.3) is 17.4 Å². The Bertz CT molecular complexity index is 1210. The van der Waals surface area contributed by atoms with Crippen LogP contribution < -0.4 is 16.0 Å². The summed E-state index contributed by atoms with van der Waals surface area (Å²) in [6, 6.07) is 0.488. The highest BCUT2D eigenvalue weighted by Crippen LogP contribution is 2.36. The fraction of sp³-hybridized carbons (Fsp3) is 0.690. The van der Waals surface area contributed by atoms with Gasteiger partial charge in [0.15, 0.2) is 5.65 Å². The maximum Gasteiger partial charge on any atom is 0.297 e. The molecule has 3 N–H and O–H groups in total. The van der Waals surface area contributed by atoms with Crippen LogP contribution in [0.25, 0.3) is 11.0 Å². The predicted molar refractivity (Wildman–Crippen MR) is 149 cm³/mol. The van der Waals surface area contributed by atoms with E-state index in [1.807, 2.05) is 17.8 Å². The lowest BCUT2D eigenvalue weighted by atomic mass is 9.90. The fourth-order valence-electron chi connectivity index (χ4n) is 6.75. The molecule has 4 aliphatic rings. The third-order valence-corrected chi connectivity index (χ3v) is 9.07. The Kier molecular flexibility index (Phi) is 7.44. The Hall–Kier alpha value is -3.17. The molecule has 0 radical (unpaired) electrons. The summed E-state index contributed by atoms with van der Waals surface area (Å²) in [6.07, 6.45) is 17.6. The molecule has 39 heavy (non-hydrogen) atoms. The zero-order valence-electron chi connectivity index (χ0n) is 23.0. The van der Waals surface area contributed by atoms with Crippen molar-refractivity contribution in [2.45, 2.75) is 127 Å². The van der Waals surface area contributed by atoms with Gasteiger partial charge in [-0.2, -0.15) is 5.10 Å². The molecular formula is C29H41N7O3. The molecule has 0 atom stereocenters. The van der Waals surface area contributed by atoms with E-state index in [2.05, 4.69) is 26.2 Å². The summed E-state index contributed by atoms with van der Waals surface area (Å²) in [6.45, 7) is 2.76. The zero-order valence-corrected chi connectivity index (χ0v) is 23.0. The lowest BCUT2D eigenvalue weighted by Crippen LogP contribution is -2.60. The molecule has 10 heteroatoms. The smallest absolute Gasteiger partial charge is 0.297 e. The van der Waals surface area contributed by atoms with Gasteiger partial charge in [-0.15, -0.1) is 0 Å². The van der Waals surface area contributed by atoms with Crippen LogP contribution in [0.15, 0.2) is 17.5 Å². The molecule has 3 heterocycles. The Morgan fingerprint density at radius 2 is 1.49 bits per heavy atom. The monoisotopic (exact) mass is 535 g/mol. The average molecular weight is 536 g/mol. The number of pyridine rings is 1. The first-order chi connectivity index (χ1) is 19.1. The lowest BCUT2D eigenvalue weighted by molar-refractivity contribution is -0.158. The highest BCUT2D eigenvalue weighted by molar-refractivity contribution is 6.18. The molecule has 210 valence electrons. The van der Waals surface area contributed by atoms with Crippen molar-refractivity contribution in [1.82, 2.24) is 25.4 Å². The van der Waals surface area contributed by atoms with Crippen molar-refractivity contribution in [3.05, 3.63) is 18.0 Å². The average Bonchev–Trinajstić information content (AvgIpc) is 3.77. The fourth-order valence-corrected chi connectivity index (χ4v) is 6.75. The number of oxime groups is 1. The summed E-state index contributed by atoms with van der Waals surface area (Å²) in [4.78, 5) is 38.2. The van der Waals surface area contributed by atoms with Gasteiger partial charge >= 0.3 is 0 Å². The minimum absolute atomic E-state index is 0.0680. The molecule has 2 aromatic rings. The number of aryl methyl sites for hydroxylation is 1. The molecule has 2 amide bonds. The number of carbonyl (C=O) groups excluding carboxylic acids is 2. The quantitative estimate of drug-likeness (QED) is 0.436. The van der Waals surface area contributed by atoms with Gasteiger partial charge < -0.3 is 20.8 Å². The summed E-state index contributed by atoms with van der Waals surface area (Å²) in [5, 5.41) is 19.9. The SMILES string of the molecule is CCn1ncc2c(NC3CCCCC3)c(C3=NOC(C(=O)NC4CCCC4)(C(=O)NC4CCCC4)C3)cnc21. The van der Waals surface area contributed by atoms with Gasteiger partial charge in [-0.1, -0.05) is 50.1 Å². The van der Waals surface area contributed by atoms with E-state index in [0.29, 0.717) is 18.3 Å². The van der Waals surface area contributed by atoms with E-state index in [4.69, 9.17) is 9.82 Å². The Balaban J connectivity index is 1.32. The minimum atomic E-state index is -1.72. The van der Waals surface area contributed by atoms with E-state index >= 15 is 0 Å². The maximum atomic E-state index is 13.8. The standard InChI is InChI=1S/C29H41N7O3/c1-2-36-26-23(18-31-36)25(32-19-10-4-3-5-11-19)22(17-30-26)24-16-29(39-35-24,27(37)33-20-12-6-7-13-20)28(38)34-21-14-8-9-15-21/h17-21H,2-16H2,1H3,(H,30,32)(H,33,37)(H,34,38). The second-order valence-corrected chi connectivity index (χ2v) is 11.8. The van der Waals surface area contributed by atoms with E-state index in [1.165, 1.54) is 19.3 Å². The molecule has 0 bridgehead atoms. The number of fused-ring (bicyclic) bond motifs is 1. The van der Waals surface area contributed by atoms with Crippen LogP contribution >= 0.6 is 0 Å². The van der Waals surface area contributed by atoms with Crippen molar-refractivity contribution in [1.29, 1.82) is 0 Å². The highest BCUT2D eigenvalue weighted by atomic mass is 16.7. The van der Waals surface area contributed by atoms with Crippen LogP contribution in [-0.4, -0.2) is 56.0 Å². The molecule has 3 saturated carbocycles. The molecular weight excluding hydrogens is 494 g/mol. The second kappa shape index (κ2) is 11.1. The van der Waals surface area contributed by atoms with Crippen molar-refractivity contribution >= 4 is 34.2 Å². The summed E-state index contributed by atoms with van der Waals surface area (Å²) in [5.41, 5.74) is 1.34. The second-order valence-electron chi connectivity index (χ2n) is 11.8. The van der Waals surface area contributed by atoms with Gasteiger partial charge in [0.2, 0.25) is 0 Å². The first kappa shape index (κ1) is 26.1. The van der Waals surface area contributed by atoms with E-state index in [-0.39, 0.29) is 18.5 Å². The minimum Gasteiger partial charge on any atom is -0.381 e. The highest BCUT2D eigenvalue weighted by Gasteiger charge is 2.55. The third kappa shape index (κ3) is 5.10. The lowest BCUT2D eigenvalue weighted by Gasteiger charge is -2.28. The predicted octanol–water partition coefficient (Wildman–Crippen LogP) is 4.18. The Morgan fingerprint density at radius 1 is 0.897 bits per heavy atom. The number of anilines is 1. The summed E-state index contributed by atoms with van der Waals surface area (Å²) >= 11 is 0. The molecule has 3 aliphatic carbocycles. The van der Waals surface area contributed by atoms with Crippen molar-refractivity contribution in [2.24, 2.45) is 5.16 Å². The van der Waals surface area contributed by atoms with Gasteiger partial charge in [0, 0.05) is 36.4 Å². The van der Waals surface area contributed by atoms with Crippen LogP contribution in [0, 0.1) is 0 Å². The van der Waals surface area contributed by atoms with Gasteiger partial charge in [-0.25, -0.2) is 9.67 Å². The summed E-state index contributed by atoms with van der Waals surface area (Å²) in [7, 11) is 0. The molecule has 2 aromatic heterocycles. The largest absolute Gasteiger partial charge is 0.381 e. The molecule has 0 spiro atoms. The van der Waals surface area contributed by atoms with Gasteiger partial charge in [0.1, 0.15) is 0 Å². The van der Waals surface area contributed by atoms with Gasteiger partial charge in [-0.3, -0.25) is 9.59 Å². The van der Waals surface area contributed by atoms with Crippen LogP contribution in [0.1, 0.15) is 102 Å². The normalized spacial score (nSPS) is 22.1. The van der Waals surface area contributed by atoms with E-state index in [1.54, 1.807) is 6.20 Å². The van der Waals surface area contributed by atoms with Crippen molar-refractivity contribution in [3.63, 3.8) is 0 Å². The van der Waals surface area contributed by atoms with Crippen LogP contribution in [0.2, 0.25) is 0 Å². The molecule has 0 aromatic carbocycles. The van der Waals surface area contributed by atoms with E-state index in [0.717, 1.165) is 86.5 Å². The molecule has 10 nitrogen and oxygen atoms in total. The van der Waals surface area contributed by atoms with Crippen molar-refractivity contribution in [3.8, 4) is 0 Å². The number of nitrogens with zero attached hydrogens (tertiary/aromatic N) is 4. The van der Waals surface area contributed by atoms with Crippen LogP contribution in [0.4, 0.5) is 5.69 Å². The number of nitrogens with one attached hydrogen (secondary N) is 3. The van der Waals surface area contributed by atoms with Crippen LogP contribution in [0.3, 0.4) is 0 Å². The topological polar surface area (TPSA) is 123 Å². The Labute approximate surface area is 229 Å². The van der Waals surface area contributed by atoms with E-state index < -0.39 is 17.4 Å². The Morgan fingerprint density at radius 3 is 2.10 bits per heavy atom. The number of aromatic nitrogens is 3. The van der Waals surface area contributed by atoms with Gasteiger partial charge in [0.05, 0.1) is 29.4 Å². The molecule has 0 saturated heterocycles. The van der Waals surface area contributed by atoms with Crippen molar-refractivity contribution < 1.29 is 14.4 Å².